The second kappa shape index (κ2) is 10.9. The molecule has 0 fully saturated rings. The molecule has 0 saturated carbocycles. The summed E-state index contributed by atoms with van der Waals surface area (Å²) >= 11 is 0. The van der Waals surface area contributed by atoms with Crippen molar-refractivity contribution in [3.63, 3.8) is 0 Å². The van der Waals surface area contributed by atoms with Crippen molar-refractivity contribution < 1.29 is 9.47 Å². The van der Waals surface area contributed by atoms with E-state index in [1.807, 2.05) is 36.7 Å². The molecule has 3 rings (SSSR count). The van der Waals surface area contributed by atoms with Crippen LogP contribution in [0.1, 0.15) is 30.5 Å². The summed E-state index contributed by atoms with van der Waals surface area (Å²) in [5.41, 5.74) is 9.57. The van der Waals surface area contributed by atoms with Crippen LogP contribution in [0.15, 0.2) is 73.1 Å². The average Bonchev–Trinajstić information content (AvgIpc) is 2.79. The standard InChI is InChI=1S/C26H33N3O2/c1-26(2,19-27)20-29(16-21-11-13-28-14-12-21)17-23-9-10-24(25(15-23)30-3)31-18-22-7-5-4-6-8-22/h4-15H,16-20,27H2,1-3H3. The largest absolute Gasteiger partial charge is 0.493 e. The van der Waals surface area contributed by atoms with E-state index in [0.29, 0.717) is 13.2 Å². The first-order valence-electron chi connectivity index (χ1n) is 10.6. The summed E-state index contributed by atoms with van der Waals surface area (Å²) < 4.78 is 11.6. The van der Waals surface area contributed by atoms with E-state index in [4.69, 9.17) is 15.2 Å². The maximum absolute atomic E-state index is 6.01. The predicted octanol–water partition coefficient (Wildman–Crippen LogP) is 4.66. The molecule has 3 aromatic rings. The van der Waals surface area contributed by atoms with Crippen molar-refractivity contribution in [1.29, 1.82) is 0 Å². The maximum Gasteiger partial charge on any atom is 0.161 e. The average molecular weight is 420 g/mol. The number of pyridine rings is 1. The van der Waals surface area contributed by atoms with Crippen LogP contribution < -0.4 is 15.2 Å². The van der Waals surface area contributed by atoms with Gasteiger partial charge in [-0.25, -0.2) is 0 Å². The minimum Gasteiger partial charge on any atom is -0.493 e. The minimum atomic E-state index is 0.0237. The lowest BCUT2D eigenvalue weighted by Gasteiger charge is -2.32. The van der Waals surface area contributed by atoms with Crippen molar-refractivity contribution in [3.05, 3.63) is 89.7 Å². The summed E-state index contributed by atoms with van der Waals surface area (Å²) in [5.74, 6) is 1.49. The molecular weight excluding hydrogens is 386 g/mol. The third-order valence-electron chi connectivity index (χ3n) is 5.23. The van der Waals surface area contributed by atoms with Gasteiger partial charge in [-0.1, -0.05) is 50.2 Å². The van der Waals surface area contributed by atoms with Gasteiger partial charge < -0.3 is 15.2 Å². The molecule has 2 N–H and O–H groups in total. The molecular formula is C26H33N3O2. The Morgan fingerprint density at radius 1 is 0.871 bits per heavy atom. The molecule has 164 valence electrons. The maximum atomic E-state index is 6.01. The molecule has 0 aliphatic rings. The molecule has 31 heavy (non-hydrogen) atoms. The lowest BCUT2D eigenvalue weighted by atomic mass is 9.92. The minimum absolute atomic E-state index is 0.0237. The lowest BCUT2D eigenvalue weighted by molar-refractivity contribution is 0.168. The Morgan fingerprint density at radius 3 is 2.26 bits per heavy atom. The quantitative estimate of drug-likeness (QED) is 0.490. The molecule has 0 aliphatic carbocycles. The molecule has 0 bridgehead atoms. The van der Waals surface area contributed by atoms with Gasteiger partial charge in [0.2, 0.25) is 0 Å². The van der Waals surface area contributed by atoms with Gasteiger partial charge in [0, 0.05) is 32.0 Å². The van der Waals surface area contributed by atoms with E-state index in [1.165, 1.54) is 11.1 Å². The highest BCUT2D eigenvalue weighted by molar-refractivity contribution is 5.43. The monoisotopic (exact) mass is 419 g/mol. The van der Waals surface area contributed by atoms with E-state index >= 15 is 0 Å². The fourth-order valence-corrected chi connectivity index (χ4v) is 3.51. The molecule has 1 heterocycles. The Balaban J connectivity index is 1.73. The van der Waals surface area contributed by atoms with Crippen molar-refractivity contribution in [2.75, 3.05) is 20.2 Å². The van der Waals surface area contributed by atoms with Crippen LogP contribution in [0.4, 0.5) is 0 Å². The van der Waals surface area contributed by atoms with Gasteiger partial charge in [0.15, 0.2) is 11.5 Å². The van der Waals surface area contributed by atoms with Gasteiger partial charge >= 0.3 is 0 Å². The summed E-state index contributed by atoms with van der Waals surface area (Å²) in [7, 11) is 1.68. The summed E-state index contributed by atoms with van der Waals surface area (Å²) in [6.45, 7) is 8.06. The number of rotatable bonds is 11. The molecule has 5 nitrogen and oxygen atoms in total. The van der Waals surface area contributed by atoms with Gasteiger partial charge in [0.1, 0.15) is 6.61 Å². The van der Waals surface area contributed by atoms with Crippen LogP contribution >= 0.6 is 0 Å². The second-order valence-electron chi connectivity index (χ2n) is 8.63. The molecule has 0 saturated heterocycles. The van der Waals surface area contributed by atoms with Crippen molar-refractivity contribution >= 4 is 0 Å². The molecule has 0 aliphatic heterocycles. The summed E-state index contributed by atoms with van der Waals surface area (Å²) in [6, 6.07) is 20.4. The highest BCUT2D eigenvalue weighted by atomic mass is 16.5. The van der Waals surface area contributed by atoms with Crippen molar-refractivity contribution in [2.24, 2.45) is 11.1 Å². The van der Waals surface area contributed by atoms with Crippen LogP contribution in [0.2, 0.25) is 0 Å². The Morgan fingerprint density at radius 2 is 1.58 bits per heavy atom. The molecule has 1 aromatic heterocycles. The zero-order valence-electron chi connectivity index (χ0n) is 18.8. The Bertz CT molecular complexity index is 930. The smallest absolute Gasteiger partial charge is 0.161 e. The third kappa shape index (κ3) is 7.09. The van der Waals surface area contributed by atoms with Crippen LogP contribution in [-0.4, -0.2) is 30.1 Å². The summed E-state index contributed by atoms with van der Waals surface area (Å²) in [4.78, 5) is 6.55. The first-order chi connectivity index (χ1) is 15.0. The number of aromatic nitrogens is 1. The van der Waals surface area contributed by atoms with Crippen LogP contribution in [0.25, 0.3) is 0 Å². The lowest BCUT2D eigenvalue weighted by Crippen LogP contribution is -2.38. The van der Waals surface area contributed by atoms with Crippen molar-refractivity contribution in [1.82, 2.24) is 9.88 Å². The van der Waals surface area contributed by atoms with Gasteiger partial charge in [-0.05, 0) is 52.9 Å². The van der Waals surface area contributed by atoms with Gasteiger partial charge in [-0.15, -0.1) is 0 Å². The molecule has 0 spiro atoms. The fraction of sp³-hybridized carbons (Fsp3) is 0.346. The van der Waals surface area contributed by atoms with E-state index in [1.54, 1.807) is 7.11 Å². The van der Waals surface area contributed by atoms with E-state index in [-0.39, 0.29) is 5.41 Å². The van der Waals surface area contributed by atoms with Gasteiger partial charge in [0.05, 0.1) is 7.11 Å². The molecule has 0 atom stereocenters. The second-order valence-corrected chi connectivity index (χ2v) is 8.63. The molecule has 0 amide bonds. The van der Waals surface area contributed by atoms with Crippen LogP contribution in [0.3, 0.4) is 0 Å². The molecule has 0 unspecified atom stereocenters. The first-order valence-corrected chi connectivity index (χ1v) is 10.6. The van der Waals surface area contributed by atoms with E-state index < -0.39 is 0 Å². The first kappa shape index (κ1) is 22.8. The third-order valence-corrected chi connectivity index (χ3v) is 5.23. The number of hydrogen-bond donors (Lipinski definition) is 1. The van der Waals surface area contributed by atoms with E-state index in [2.05, 4.69) is 60.1 Å². The van der Waals surface area contributed by atoms with Gasteiger partial charge in [-0.2, -0.15) is 0 Å². The summed E-state index contributed by atoms with van der Waals surface area (Å²) in [5, 5.41) is 0. The van der Waals surface area contributed by atoms with Crippen molar-refractivity contribution in [2.45, 2.75) is 33.5 Å². The normalized spacial score (nSPS) is 11.5. The van der Waals surface area contributed by atoms with E-state index in [9.17, 15) is 0 Å². The highest BCUT2D eigenvalue weighted by Crippen LogP contribution is 2.30. The van der Waals surface area contributed by atoms with Crippen molar-refractivity contribution in [3.8, 4) is 11.5 Å². The molecule has 2 aromatic carbocycles. The molecule has 5 heteroatoms. The number of methoxy groups -OCH3 is 1. The van der Waals surface area contributed by atoms with Crippen LogP contribution in [-0.2, 0) is 19.7 Å². The summed E-state index contributed by atoms with van der Waals surface area (Å²) in [6.07, 6.45) is 3.67. The Hall–Kier alpha value is -2.89. The zero-order chi connectivity index (χ0) is 22.1. The number of ether oxygens (including phenoxy) is 2. The predicted molar refractivity (Wildman–Crippen MR) is 125 cm³/mol. The topological polar surface area (TPSA) is 60.6 Å². The fourth-order valence-electron chi connectivity index (χ4n) is 3.51. The van der Waals surface area contributed by atoms with Gasteiger partial charge in [-0.3, -0.25) is 9.88 Å². The molecule has 0 radical (unpaired) electrons. The van der Waals surface area contributed by atoms with Crippen LogP contribution in [0.5, 0.6) is 11.5 Å². The SMILES string of the molecule is COc1cc(CN(Cc2ccncc2)CC(C)(C)CN)ccc1OCc1ccccc1. The Kier molecular flexibility index (Phi) is 8.04. The number of nitrogens with two attached hydrogens (primary N) is 1. The number of hydrogen-bond acceptors (Lipinski definition) is 5. The van der Waals surface area contributed by atoms with Crippen LogP contribution in [0, 0.1) is 5.41 Å². The Labute approximate surface area is 185 Å². The van der Waals surface area contributed by atoms with E-state index in [0.717, 1.165) is 36.7 Å². The number of nitrogens with zero attached hydrogens (tertiary/aromatic N) is 2. The zero-order valence-corrected chi connectivity index (χ0v) is 18.8. The highest BCUT2D eigenvalue weighted by Gasteiger charge is 2.21. The number of benzene rings is 2. The van der Waals surface area contributed by atoms with Gasteiger partial charge in [0.25, 0.3) is 0 Å².